The quantitative estimate of drug-likeness (QED) is 0.649. The van der Waals surface area contributed by atoms with Gasteiger partial charge >= 0.3 is 12.1 Å². The van der Waals surface area contributed by atoms with Crippen LogP contribution >= 0.6 is 15.9 Å². The van der Waals surface area contributed by atoms with Crippen LogP contribution in [0.2, 0.25) is 0 Å². The first-order valence-electron chi connectivity index (χ1n) is 7.09. The lowest BCUT2D eigenvalue weighted by Gasteiger charge is -2.15. The summed E-state index contributed by atoms with van der Waals surface area (Å²) < 4.78 is 5.18. The van der Waals surface area contributed by atoms with E-state index in [1.54, 1.807) is 24.3 Å². The number of ether oxygens (including phenoxy) is 1. The molecule has 2 rings (SSSR count). The molecule has 10 nitrogen and oxygen atoms in total. The van der Waals surface area contributed by atoms with Gasteiger partial charge in [-0.15, -0.1) is 10.2 Å². The number of halogens is 1. The van der Waals surface area contributed by atoms with E-state index in [1.807, 2.05) is 6.07 Å². The molecule has 1 heterocycles. The number of nitrogens with one attached hydrogen (secondary N) is 1. The van der Waals surface area contributed by atoms with E-state index in [0.29, 0.717) is 0 Å². The van der Waals surface area contributed by atoms with Crippen LogP contribution in [0.4, 0.5) is 4.79 Å². The highest BCUT2D eigenvalue weighted by Gasteiger charge is 2.25. The molecular weight excluding hydrogens is 398 g/mol. The summed E-state index contributed by atoms with van der Waals surface area (Å²) in [7, 11) is 0. The SMILES string of the molecule is O=C(O)CC(NC(=O)OCc1ccccc1)C(=O)Cn1nnc(Br)n1. The summed E-state index contributed by atoms with van der Waals surface area (Å²) in [5, 5.41) is 22.1. The summed E-state index contributed by atoms with van der Waals surface area (Å²) >= 11 is 2.98. The van der Waals surface area contributed by atoms with Crippen molar-refractivity contribution in [2.45, 2.75) is 25.6 Å². The number of rotatable bonds is 8. The molecule has 1 aromatic carbocycles. The number of Topliss-reactive ketones (excluding diaryl/α,β-unsaturated/α-hetero) is 1. The Hall–Kier alpha value is -2.82. The van der Waals surface area contributed by atoms with Gasteiger partial charge in [-0.25, -0.2) is 4.79 Å². The summed E-state index contributed by atoms with van der Waals surface area (Å²) in [6.07, 6.45) is -1.48. The first kappa shape index (κ1) is 18.5. The Balaban J connectivity index is 1.92. The number of hydrogen-bond donors (Lipinski definition) is 2. The van der Waals surface area contributed by atoms with E-state index in [0.717, 1.165) is 10.4 Å². The third-order valence-corrected chi connectivity index (χ3v) is 3.32. The second kappa shape index (κ2) is 8.87. The predicted octanol–water partition coefficient (Wildman–Crippen LogP) is 0.774. The van der Waals surface area contributed by atoms with Crippen LogP contribution in [0.5, 0.6) is 0 Å². The molecule has 1 aromatic heterocycles. The average molecular weight is 412 g/mol. The number of amides is 1. The van der Waals surface area contributed by atoms with Crippen molar-refractivity contribution in [1.82, 2.24) is 25.5 Å². The minimum absolute atomic E-state index is 0.00175. The maximum Gasteiger partial charge on any atom is 0.408 e. The number of aliphatic carboxylic acids is 1. The first-order chi connectivity index (χ1) is 11.9. The topological polar surface area (TPSA) is 136 Å². The highest BCUT2D eigenvalue weighted by molar-refractivity contribution is 9.10. The summed E-state index contributed by atoms with van der Waals surface area (Å²) in [6.45, 7) is -0.340. The molecule has 0 bridgehead atoms. The van der Waals surface area contributed by atoms with Gasteiger partial charge in [0.2, 0.25) is 4.73 Å². The first-order valence-corrected chi connectivity index (χ1v) is 7.88. The van der Waals surface area contributed by atoms with Crippen molar-refractivity contribution >= 4 is 33.8 Å². The maximum atomic E-state index is 12.2. The lowest BCUT2D eigenvalue weighted by Crippen LogP contribution is -2.44. The Morgan fingerprint density at radius 1 is 1.28 bits per heavy atom. The molecule has 11 heteroatoms. The highest BCUT2D eigenvalue weighted by atomic mass is 79.9. The summed E-state index contributed by atoms with van der Waals surface area (Å²) in [5.74, 6) is -1.83. The minimum atomic E-state index is -1.27. The molecular formula is C14H14BrN5O5. The van der Waals surface area contributed by atoms with E-state index >= 15 is 0 Å². The fourth-order valence-electron chi connectivity index (χ4n) is 1.87. The molecule has 2 aromatic rings. The van der Waals surface area contributed by atoms with Crippen molar-refractivity contribution in [2.24, 2.45) is 0 Å². The number of ketones is 1. The zero-order valence-electron chi connectivity index (χ0n) is 12.8. The summed E-state index contributed by atoms with van der Waals surface area (Å²) in [6, 6.07) is 7.66. The van der Waals surface area contributed by atoms with Crippen LogP contribution in [-0.4, -0.2) is 49.2 Å². The Kier molecular flexibility index (Phi) is 6.57. The molecule has 0 saturated heterocycles. The van der Waals surface area contributed by atoms with Crippen LogP contribution in [0.3, 0.4) is 0 Å². The van der Waals surface area contributed by atoms with E-state index in [4.69, 9.17) is 9.84 Å². The van der Waals surface area contributed by atoms with E-state index in [2.05, 4.69) is 36.7 Å². The van der Waals surface area contributed by atoms with Crippen molar-refractivity contribution < 1.29 is 24.2 Å². The van der Waals surface area contributed by atoms with Gasteiger partial charge in [0, 0.05) is 0 Å². The van der Waals surface area contributed by atoms with Crippen LogP contribution in [-0.2, 0) is 27.5 Å². The lowest BCUT2D eigenvalue weighted by atomic mass is 10.1. The Morgan fingerprint density at radius 3 is 2.60 bits per heavy atom. The van der Waals surface area contributed by atoms with Gasteiger partial charge in [-0.1, -0.05) is 30.3 Å². The molecule has 0 saturated carbocycles. The molecule has 1 amide bonds. The zero-order chi connectivity index (χ0) is 18.2. The monoisotopic (exact) mass is 411 g/mol. The molecule has 0 spiro atoms. The van der Waals surface area contributed by atoms with Crippen LogP contribution in [0.25, 0.3) is 0 Å². The molecule has 25 heavy (non-hydrogen) atoms. The maximum absolute atomic E-state index is 12.2. The normalized spacial score (nSPS) is 11.6. The average Bonchev–Trinajstić information content (AvgIpc) is 2.98. The van der Waals surface area contributed by atoms with Crippen LogP contribution in [0, 0.1) is 0 Å². The van der Waals surface area contributed by atoms with Crippen molar-refractivity contribution in [1.29, 1.82) is 0 Å². The fraction of sp³-hybridized carbons (Fsp3) is 0.286. The van der Waals surface area contributed by atoms with Gasteiger partial charge in [0.1, 0.15) is 19.2 Å². The number of benzene rings is 1. The molecule has 2 N–H and O–H groups in total. The predicted molar refractivity (Wildman–Crippen MR) is 86.3 cm³/mol. The molecule has 0 radical (unpaired) electrons. The van der Waals surface area contributed by atoms with Crippen molar-refractivity contribution in [2.75, 3.05) is 0 Å². The molecule has 0 aliphatic carbocycles. The van der Waals surface area contributed by atoms with Gasteiger partial charge in [0.15, 0.2) is 5.78 Å². The van der Waals surface area contributed by atoms with Gasteiger partial charge in [-0.3, -0.25) is 9.59 Å². The van der Waals surface area contributed by atoms with E-state index in [1.165, 1.54) is 0 Å². The van der Waals surface area contributed by atoms with Crippen molar-refractivity contribution in [3.63, 3.8) is 0 Å². The van der Waals surface area contributed by atoms with Crippen LogP contribution < -0.4 is 5.32 Å². The van der Waals surface area contributed by atoms with Gasteiger partial charge in [0.05, 0.1) is 6.42 Å². The number of aromatic nitrogens is 4. The van der Waals surface area contributed by atoms with Gasteiger partial charge in [-0.05, 0) is 26.7 Å². The summed E-state index contributed by atoms with van der Waals surface area (Å²) in [4.78, 5) is 35.9. The molecule has 1 atom stereocenters. The van der Waals surface area contributed by atoms with E-state index < -0.39 is 30.3 Å². The van der Waals surface area contributed by atoms with E-state index in [9.17, 15) is 14.4 Å². The van der Waals surface area contributed by atoms with Crippen LogP contribution in [0.15, 0.2) is 35.1 Å². The van der Waals surface area contributed by atoms with Gasteiger partial charge in [0.25, 0.3) is 0 Å². The Labute approximate surface area is 150 Å². The standard InChI is InChI=1S/C14H14BrN5O5/c15-13-17-19-20(18-13)7-11(21)10(6-12(22)23)16-14(24)25-8-9-4-2-1-3-5-9/h1-5,10H,6-8H2,(H,16,24)(H,22,23). The van der Waals surface area contributed by atoms with Gasteiger partial charge < -0.3 is 15.2 Å². The number of alkyl carbamates (subject to hydrolysis) is 1. The largest absolute Gasteiger partial charge is 0.481 e. The molecule has 0 fully saturated rings. The molecule has 0 aliphatic rings. The van der Waals surface area contributed by atoms with Gasteiger partial charge in [-0.2, -0.15) is 4.80 Å². The number of carboxylic acids is 1. The van der Waals surface area contributed by atoms with Crippen LogP contribution in [0.1, 0.15) is 12.0 Å². The number of hydrogen-bond acceptors (Lipinski definition) is 7. The second-order valence-electron chi connectivity index (χ2n) is 4.91. The fourth-order valence-corrected chi connectivity index (χ4v) is 2.12. The van der Waals surface area contributed by atoms with Crippen molar-refractivity contribution in [3.8, 4) is 0 Å². The summed E-state index contributed by atoms with van der Waals surface area (Å²) in [5.41, 5.74) is 0.760. The molecule has 132 valence electrons. The Morgan fingerprint density at radius 2 is 2.00 bits per heavy atom. The zero-order valence-corrected chi connectivity index (χ0v) is 14.4. The lowest BCUT2D eigenvalue weighted by molar-refractivity contribution is -0.139. The number of carboxylic acid groups (broad SMARTS) is 1. The minimum Gasteiger partial charge on any atom is -0.481 e. The third-order valence-electron chi connectivity index (χ3n) is 3.00. The van der Waals surface area contributed by atoms with E-state index in [-0.39, 0.29) is 17.9 Å². The molecule has 1 unspecified atom stereocenters. The van der Waals surface area contributed by atoms with Crippen molar-refractivity contribution in [3.05, 3.63) is 40.6 Å². The number of carbonyl (C=O) groups is 3. The number of nitrogens with zero attached hydrogens (tertiary/aromatic N) is 4. The smallest absolute Gasteiger partial charge is 0.408 e. The third kappa shape index (κ3) is 6.30. The molecule has 0 aliphatic heterocycles. The Bertz CT molecular complexity index is 751. The number of tetrazole rings is 1. The second-order valence-corrected chi connectivity index (χ2v) is 5.62. The number of carbonyl (C=O) groups excluding carboxylic acids is 2. The highest BCUT2D eigenvalue weighted by Crippen LogP contribution is 2.03.